The number of aryl methyl sites for hydroxylation is 1. The first-order valence-electron chi connectivity index (χ1n) is 6.88. The van der Waals surface area contributed by atoms with Crippen LogP contribution in [0, 0.1) is 6.92 Å². The van der Waals surface area contributed by atoms with Gasteiger partial charge in [-0.25, -0.2) is 9.97 Å². The molecule has 1 aromatic heterocycles. The van der Waals surface area contributed by atoms with Crippen LogP contribution in [0.5, 0.6) is 0 Å². The van der Waals surface area contributed by atoms with Gasteiger partial charge in [0.1, 0.15) is 18.0 Å². The third-order valence-corrected chi connectivity index (χ3v) is 3.41. The molecule has 0 spiro atoms. The van der Waals surface area contributed by atoms with Crippen molar-refractivity contribution in [3.8, 4) is 0 Å². The van der Waals surface area contributed by atoms with Gasteiger partial charge >= 0.3 is 0 Å². The topological polar surface area (TPSA) is 49.8 Å². The molecule has 0 saturated heterocycles. The molecule has 0 aliphatic carbocycles. The van der Waals surface area contributed by atoms with Crippen molar-refractivity contribution >= 4 is 34.6 Å². The largest absolute Gasteiger partial charge is 0.340 e. The summed E-state index contributed by atoms with van der Waals surface area (Å²) in [5.41, 5.74) is 3.06. The van der Waals surface area contributed by atoms with Gasteiger partial charge in [-0.05, 0) is 36.8 Å². The predicted molar refractivity (Wildman–Crippen MR) is 91.2 cm³/mol. The van der Waals surface area contributed by atoms with Crippen LogP contribution in [0.4, 0.5) is 23.0 Å². The quantitative estimate of drug-likeness (QED) is 0.717. The molecule has 5 heteroatoms. The zero-order valence-corrected chi connectivity index (χ0v) is 12.8. The molecule has 0 saturated carbocycles. The van der Waals surface area contributed by atoms with Gasteiger partial charge in [-0.2, -0.15) is 0 Å². The molecule has 0 fully saturated rings. The Hall–Kier alpha value is -2.59. The molecule has 0 atom stereocenters. The van der Waals surface area contributed by atoms with E-state index < -0.39 is 0 Å². The number of rotatable bonds is 4. The highest BCUT2D eigenvalue weighted by Gasteiger charge is 2.02. The van der Waals surface area contributed by atoms with E-state index >= 15 is 0 Å². The lowest BCUT2D eigenvalue weighted by molar-refractivity contribution is 1.16. The monoisotopic (exact) mass is 310 g/mol. The minimum absolute atomic E-state index is 0.678. The van der Waals surface area contributed by atoms with E-state index in [2.05, 4.69) is 33.6 Å². The molecule has 3 aromatic rings. The first-order valence-corrected chi connectivity index (χ1v) is 7.26. The fourth-order valence-electron chi connectivity index (χ4n) is 2.06. The van der Waals surface area contributed by atoms with Gasteiger partial charge in [0.25, 0.3) is 0 Å². The average molecular weight is 311 g/mol. The van der Waals surface area contributed by atoms with Crippen molar-refractivity contribution in [2.45, 2.75) is 6.92 Å². The number of aromatic nitrogens is 2. The minimum Gasteiger partial charge on any atom is -0.340 e. The van der Waals surface area contributed by atoms with Gasteiger partial charge in [-0.15, -0.1) is 0 Å². The highest BCUT2D eigenvalue weighted by molar-refractivity contribution is 6.30. The van der Waals surface area contributed by atoms with Gasteiger partial charge in [-0.3, -0.25) is 0 Å². The van der Waals surface area contributed by atoms with E-state index in [1.165, 1.54) is 6.33 Å². The van der Waals surface area contributed by atoms with Crippen LogP contribution in [-0.2, 0) is 0 Å². The van der Waals surface area contributed by atoms with Crippen LogP contribution >= 0.6 is 11.6 Å². The molecule has 4 nitrogen and oxygen atoms in total. The van der Waals surface area contributed by atoms with Crippen molar-refractivity contribution in [1.82, 2.24) is 9.97 Å². The molecule has 1 heterocycles. The number of benzene rings is 2. The third-order valence-electron chi connectivity index (χ3n) is 3.17. The molecular formula is C17H15ClN4. The van der Waals surface area contributed by atoms with Crippen LogP contribution in [-0.4, -0.2) is 9.97 Å². The molecule has 22 heavy (non-hydrogen) atoms. The number of halogens is 1. The minimum atomic E-state index is 0.678. The lowest BCUT2D eigenvalue weighted by Gasteiger charge is -2.10. The number of hydrogen-bond acceptors (Lipinski definition) is 4. The Morgan fingerprint density at radius 2 is 1.64 bits per heavy atom. The van der Waals surface area contributed by atoms with Gasteiger partial charge < -0.3 is 10.6 Å². The molecular weight excluding hydrogens is 296 g/mol. The summed E-state index contributed by atoms with van der Waals surface area (Å²) in [6.07, 6.45) is 1.52. The SMILES string of the molecule is Cc1ccccc1Nc1cc(Nc2cccc(Cl)c2)ncn1. The second-order valence-corrected chi connectivity index (χ2v) is 5.30. The predicted octanol–water partition coefficient (Wildman–Crippen LogP) is 4.93. The first kappa shape index (κ1) is 14.4. The van der Waals surface area contributed by atoms with E-state index in [1.54, 1.807) is 0 Å². The molecule has 2 N–H and O–H groups in total. The molecule has 2 aromatic carbocycles. The molecule has 0 radical (unpaired) electrons. The molecule has 3 rings (SSSR count). The highest BCUT2D eigenvalue weighted by atomic mass is 35.5. The summed E-state index contributed by atoms with van der Waals surface area (Å²) in [6, 6.07) is 17.4. The summed E-state index contributed by atoms with van der Waals surface area (Å²) < 4.78 is 0. The van der Waals surface area contributed by atoms with E-state index in [1.807, 2.05) is 48.5 Å². The summed E-state index contributed by atoms with van der Waals surface area (Å²) >= 11 is 5.98. The first-order chi connectivity index (χ1) is 10.7. The van der Waals surface area contributed by atoms with E-state index in [4.69, 9.17) is 11.6 Å². The number of nitrogens with zero attached hydrogens (tertiary/aromatic N) is 2. The number of hydrogen-bond donors (Lipinski definition) is 2. The number of para-hydroxylation sites is 1. The van der Waals surface area contributed by atoms with Crippen LogP contribution in [0.1, 0.15) is 5.56 Å². The molecule has 0 amide bonds. The Morgan fingerprint density at radius 1 is 0.864 bits per heavy atom. The van der Waals surface area contributed by atoms with E-state index in [0.717, 1.165) is 22.8 Å². The fourth-order valence-corrected chi connectivity index (χ4v) is 2.25. The van der Waals surface area contributed by atoms with Crippen LogP contribution < -0.4 is 10.6 Å². The van der Waals surface area contributed by atoms with Crippen molar-refractivity contribution in [2.75, 3.05) is 10.6 Å². The van der Waals surface area contributed by atoms with Gasteiger partial charge in [-0.1, -0.05) is 35.9 Å². The Balaban J connectivity index is 1.79. The molecule has 0 aliphatic heterocycles. The maximum atomic E-state index is 5.98. The second-order valence-electron chi connectivity index (χ2n) is 4.86. The van der Waals surface area contributed by atoms with Crippen molar-refractivity contribution in [1.29, 1.82) is 0 Å². The summed E-state index contributed by atoms with van der Waals surface area (Å²) in [7, 11) is 0. The number of anilines is 4. The second kappa shape index (κ2) is 6.45. The molecule has 0 bridgehead atoms. The Kier molecular flexibility index (Phi) is 4.21. The summed E-state index contributed by atoms with van der Waals surface area (Å²) in [5.74, 6) is 1.43. The standard InChI is InChI=1S/C17H15ClN4/c1-12-5-2-3-8-15(12)22-17-10-16(19-11-20-17)21-14-7-4-6-13(18)9-14/h2-11H,1H3,(H2,19,20,21,22). The maximum absolute atomic E-state index is 5.98. The third kappa shape index (κ3) is 3.54. The van der Waals surface area contributed by atoms with Gasteiger partial charge in [0.2, 0.25) is 0 Å². The lowest BCUT2D eigenvalue weighted by atomic mass is 10.2. The Bertz CT molecular complexity index is 789. The van der Waals surface area contributed by atoms with Crippen LogP contribution in [0.15, 0.2) is 60.9 Å². The lowest BCUT2D eigenvalue weighted by Crippen LogP contribution is -1.99. The van der Waals surface area contributed by atoms with Crippen molar-refractivity contribution in [3.63, 3.8) is 0 Å². The molecule has 0 unspecified atom stereocenters. The highest BCUT2D eigenvalue weighted by Crippen LogP contribution is 2.22. The smallest absolute Gasteiger partial charge is 0.135 e. The van der Waals surface area contributed by atoms with Gasteiger partial charge in [0, 0.05) is 22.5 Å². The van der Waals surface area contributed by atoms with Crippen LogP contribution in [0.2, 0.25) is 5.02 Å². The summed E-state index contributed by atoms with van der Waals surface area (Å²) in [5, 5.41) is 7.18. The fraction of sp³-hybridized carbons (Fsp3) is 0.0588. The normalized spacial score (nSPS) is 10.3. The Morgan fingerprint density at radius 3 is 2.41 bits per heavy atom. The van der Waals surface area contributed by atoms with E-state index in [-0.39, 0.29) is 0 Å². The maximum Gasteiger partial charge on any atom is 0.135 e. The molecule has 0 aliphatic rings. The van der Waals surface area contributed by atoms with Crippen molar-refractivity contribution < 1.29 is 0 Å². The molecule has 110 valence electrons. The van der Waals surface area contributed by atoms with Crippen LogP contribution in [0.25, 0.3) is 0 Å². The zero-order valence-electron chi connectivity index (χ0n) is 12.0. The number of nitrogens with one attached hydrogen (secondary N) is 2. The van der Waals surface area contributed by atoms with Gasteiger partial charge in [0.15, 0.2) is 0 Å². The van der Waals surface area contributed by atoms with E-state index in [9.17, 15) is 0 Å². The van der Waals surface area contributed by atoms with Crippen LogP contribution in [0.3, 0.4) is 0 Å². The Labute approximate surface area is 134 Å². The summed E-state index contributed by atoms with van der Waals surface area (Å²) in [4.78, 5) is 8.47. The van der Waals surface area contributed by atoms with Gasteiger partial charge in [0.05, 0.1) is 0 Å². The summed E-state index contributed by atoms with van der Waals surface area (Å²) in [6.45, 7) is 2.05. The van der Waals surface area contributed by atoms with Crippen molar-refractivity contribution in [3.05, 3.63) is 71.5 Å². The zero-order chi connectivity index (χ0) is 15.4. The van der Waals surface area contributed by atoms with E-state index in [0.29, 0.717) is 10.8 Å². The van der Waals surface area contributed by atoms with Crippen molar-refractivity contribution in [2.24, 2.45) is 0 Å². The average Bonchev–Trinajstić information content (AvgIpc) is 2.50.